The quantitative estimate of drug-likeness (QED) is 0.711. The molecule has 6 heteroatoms. The van der Waals surface area contributed by atoms with E-state index in [2.05, 4.69) is 25.8 Å². The van der Waals surface area contributed by atoms with Crippen molar-refractivity contribution in [1.29, 1.82) is 0 Å². The van der Waals surface area contributed by atoms with E-state index in [0.29, 0.717) is 5.11 Å². The van der Waals surface area contributed by atoms with Crippen LogP contribution in [0.1, 0.15) is 23.5 Å². The number of phenols is 1. The molecule has 0 saturated carbocycles. The summed E-state index contributed by atoms with van der Waals surface area (Å²) in [6, 6.07) is 17.2. The van der Waals surface area contributed by atoms with Crippen LogP contribution < -0.4 is 5.32 Å². The fraction of sp³-hybridized carbons (Fsp3) is 0.158. The molecule has 25 heavy (non-hydrogen) atoms. The van der Waals surface area contributed by atoms with Crippen molar-refractivity contribution >= 4 is 17.3 Å². The average molecular weight is 350 g/mol. The van der Waals surface area contributed by atoms with Crippen molar-refractivity contribution in [2.24, 2.45) is 0 Å². The van der Waals surface area contributed by atoms with Gasteiger partial charge >= 0.3 is 0 Å². The Labute approximate surface area is 151 Å². The lowest BCUT2D eigenvalue weighted by atomic mass is 10.0. The van der Waals surface area contributed by atoms with Crippen LogP contribution in [0.15, 0.2) is 67.0 Å². The van der Waals surface area contributed by atoms with Gasteiger partial charge < -0.3 is 19.9 Å². The molecule has 4 rings (SSSR count). The molecule has 2 atom stereocenters. The van der Waals surface area contributed by atoms with Gasteiger partial charge in [-0.15, -0.1) is 0 Å². The zero-order chi connectivity index (χ0) is 17.4. The fourth-order valence-corrected chi connectivity index (χ4v) is 3.55. The Balaban J connectivity index is 1.78. The van der Waals surface area contributed by atoms with Crippen molar-refractivity contribution in [3.8, 4) is 11.4 Å². The molecule has 1 aliphatic heterocycles. The fourth-order valence-electron chi connectivity index (χ4n) is 3.31. The summed E-state index contributed by atoms with van der Waals surface area (Å²) in [5.74, 6) is 0.254. The van der Waals surface area contributed by atoms with E-state index < -0.39 is 0 Å². The van der Waals surface area contributed by atoms with Gasteiger partial charge in [-0.25, -0.2) is 0 Å². The number of benzene rings is 1. The van der Waals surface area contributed by atoms with E-state index in [1.165, 1.54) is 0 Å². The minimum atomic E-state index is -0.0236. The van der Waals surface area contributed by atoms with Crippen molar-refractivity contribution in [2.75, 3.05) is 7.05 Å². The van der Waals surface area contributed by atoms with Gasteiger partial charge in [-0.2, -0.15) is 0 Å². The standard InChI is InChI=1S/C19H18N4OS/c1-22-18(17(21-19(22)25)15-5-2-3-11-20-15)16-6-4-12-23(16)13-7-9-14(24)10-8-13/h2-12,17-18,24H,1H3,(H,21,25)/t17-,18-/m0/s1. The van der Waals surface area contributed by atoms with Gasteiger partial charge in [0.2, 0.25) is 0 Å². The number of likely N-dealkylation sites (N-methyl/N-ethyl adjacent to an activating group) is 1. The lowest BCUT2D eigenvalue weighted by Crippen LogP contribution is -2.25. The maximum Gasteiger partial charge on any atom is 0.169 e. The van der Waals surface area contributed by atoms with Crippen molar-refractivity contribution in [1.82, 2.24) is 19.8 Å². The second-order valence-electron chi connectivity index (χ2n) is 6.06. The van der Waals surface area contributed by atoms with Gasteiger partial charge in [0.15, 0.2) is 5.11 Å². The van der Waals surface area contributed by atoms with E-state index in [4.69, 9.17) is 12.2 Å². The summed E-state index contributed by atoms with van der Waals surface area (Å²) in [6.07, 6.45) is 3.82. The molecule has 126 valence electrons. The highest BCUT2D eigenvalue weighted by Crippen LogP contribution is 2.38. The Morgan fingerprint density at radius 1 is 1.08 bits per heavy atom. The summed E-state index contributed by atoms with van der Waals surface area (Å²) in [6.45, 7) is 0. The minimum Gasteiger partial charge on any atom is -0.508 e. The van der Waals surface area contributed by atoms with Crippen LogP contribution in [-0.2, 0) is 0 Å². The topological polar surface area (TPSA) is 53.3 Å². The lowest BCUT2D eigenvalue weighted by Gasteiger charge is -2.25. The molecule has 2 aromatic heterocycles. The van der Waals surface area contributed by atoms with Gasteiger partial charge in [-0.05, 0) is 60.7 Å². The number of aromatic nitrogens is 2. The van der Waals surface area contributed by atoms with Gasteiger partial charge in [0.1, 0.15) is 5.75 Å². The molecule has 0 amide bonds. The van der Waals surface area contributed by atoms with Crippen LogP contribution in [0.25, 0.3) is 5.69 Å². The number of rotatable bonds is 3. The molecular formula is C19H18N4OS. The largest absolute Gasteiger partial charge is 0.508 e. The van der Waals surface area contributed by atoms with Crippen LogP contribution in [0.3, 0.4) is 0 Å². The summed E-state index contributed by atoms with van der Waals surface area (Å²) < 4.78 is 2.12. The summed E-state index contributed by atoms with van der Waals surface area (Å²) in [4.78, 5) is 6.58. The summed E-state index contributed by atoms with van der Waals surface area (Å²) >= 11 is 5.49. The third kappa shape index (κ3) is 2.74. The Morgan fingerprint density at radius 2 is 1.88 bits per heavy atom. The Bertz CT molecular complexity index is 891. The predicted octanol–water partition coefficient (Wildman–Crippen LogP) is 3.18. The first-order valence-electron chi connectivity index (χ1n) is 8.06. The lowest BCUT2D eigenvalue weighted by molar-refractivity contribution is 0.357. The molecule has 1 saturated heterocycles. The molecule has 1 fully saturated rings. The molecule has 0 bridgehead atoms. The molecule has 0 aliphatic carbocycles. The van der Waals surface area contributed by atoms with E-state index in [-0.39, 0.29) is 17.8 Å². The van der Waals surface area contributed by atoms with Crippen LogP contribution in [0.4, 0.5) is 0 Å². The highest BCUT2D eigenvalue weighted by molar-refractivity contribution is 7.80. The SMILES string of the molecule is CN1C(=S)N[C@@H](c2ccccn2)[C@@H]1c1cccn1-c1ccc(O)cc1. The van der Waals surface area contributed by atoms with Gasteiger partial charge in [0.25, 0.3) is 0 Å². The third-order valence-electron chi connectivity index (χ3n) is 4.55. The molecule has 1 aliphatic rings. The number of nitrogens with zero attached hydrogens (tertiary/aromatic N) is 3. The molecule has 3 aromatic rings. The summed E-state index contributed by atoms with van der Waals surface area (Å²) in [5.41, 5.74) is 3.05. The number of hydrogen-bond acceptors (Lipinski definition) is 3. The van der Waals surface area contributed by atoms with E-state index in [9.17, 15) is 5.11 Å². The second-order valence-corrected chi connectivity index (χ2v) is 6.44. The normalized spacial score (nSPS) is 19.9. The molecule has 0 spiro atoms. The average Bonchev–Trinajstić information content (AvgIpc) is 3.22. The van der Waals surface area contributed by atoms with Crippen LogP contribution in [-0.4, -0.2) is 31.7 Å². The monoisotopic (exact) mass is 350 g/mol. The maximum absolute atomic E-state index is 9.55. The number of aromatic hydroxyl groups is 1. The Morgan fingerprint density at radius 3 is 2.60 bits per heavy atom. The van der Waals surface area contributed by atoms with Crippen molar-refractivity contribution in [3.63, 3.8) is 0 Å². The van der Waals surface area contributed by atoms with Crippen LogP contribution in [0.5, 0.6) is 5.75 Å². The van der Waals surface area contributed by atoms with Crippen molar-refractivity contribution in [2.45, 2.75) is 12.1 Å². The molecule has 0 radical (unpaired) electrons. The highest BCUT2D eigenvalue weighted by atomic mass is 32.1. The molecule has 3 heterocycles. The van der Waals surface area contributed by atoms with Gasteiger partial charge in [-0.1, -0.05) is 6.07 Å². The van der Waals surface area contributed by atoms with E-state index in [1.807, 2.05) is 49.6 Å². The summed E-state index contributed by atoms with van der Waals surface area (Å²) in [5, 5.41) is 13.6. The van der Waals surface area contributed by atoms with Crippen LogP contribution in [0, 0.1) is 0 Å². The van der Waals surface area contributed by atoms with Crippen LogP contribution in [0.2, 0.25) is 0 Å². The summed E-state index contributed by atoms with van der Waals surface area (Å²) in [7, 11) is 2.00. The van der Waals surface area contributed by atoms with Gasteiger partial charge in [0.05, 0.1) is 17.8 Å². The zero-order valence-corrected chi connectivity index (χ0v) is 14.5. The molecule has 0 unspecified atom stereocenters. The minimum absolute atomic E-state index is 0.0196. The first kappa shape index (κ1) is 15.7. The molecule has 2 N–H and O–H groups in total. The number of thiocarbonyl (C=S) groups is 1. The molecular weight excluding hydrogens is 332 g/mol. The third-order valence-corrected chi connectivity index (χ3v) is 4.96. The first-order chi connectivity index (χ1) is 12.1. The zero-order valence-electron chi connectivity index (χ0n) is 13.7. The number of nitrogens with one attached hydrogen (secondary N) is 1. The predicted molar refractivity (Wildman–Crippen MR) is 101 cm³/mol. The van der Waals surface area contributed by atoms with Crippen LogP contribution >= 0.6 is 12.2 Å². The number of hydrogen-bond donors (Lipinski definition) is 2. The Hall–Kier alpha value is -2.86. The highest BCUT2D eigenvalue weighted by Gasteiger charge is 2.39. The van der Waals surface area contributed by atoms with E-state index in [1.54, 1.807) is 18.3 Å². The second kappa shape index (κ2) is 6.22. The number of phenolic OH excluding ortho intramolecular Hbond substituents is 1. The number of pyridine rings is 1. The van der Waals surface area contributed by atoms with E-state index >= 15 is 0 Å². The first-order valence-corrected chi connectivity index (χ1v) is 8.47. The van der Waals surface area contributed by atoms with Gasteiger partial charge in [-0.3, -0.25) is 4.98 Å². The molecule has 5 nitrogen and oxygen atoms in total. The van der Waals surface area contributed by atoms with Crippen molar-refractivity contribution in [3.05, 3.63) is 78.4 Å². The van der Waals surface area contributed by atoms with Crippen molar-refractivity contribution < 1.29 is 5.11 Å². The van der Waals surface area contributed by atoms with E-state index in [0.717, 1.165) is 17.1 Å². The maximum atomic E-state index is 9.55. The smallest absolute Gasteiger partial charge is 0.169 e. The molecule has 1 aromatic carbocycles. The Kier molecular flexibility index (Phi) is 3.89. The van der Waals surface area contributed by atoms with Gasteiger partial charge in [0, 0.05) is 30.8 Å².